The van der Waals surface area contributed by atoms with E-state index < -0.39 is 0 Å². The van der Waals surface area contributed by atoms with Gasteiger partial charge >= 0.3 is 0 Å². The number of hydrogen-bond donors (Lipinski definition) is 1. The highest BCUT2D eigenvalue weighted by atomic mass is 15.1. The molecule has 0 radical (unpaired) electrons. The third-order valence-corrected chi connectivity index (χ3v) is 4.25. The van der Waals surface area contributed by atoms with Crippen molar-refractivity contribution in [3.05, 3.63) is 29.6 Å². The smallest absolute Gasteiger partial charge is 0.0547 e. The van der Waals surface area contributed by atoms with Crippen LogP contribution in [0.25, 0.3) is 0 Å². The maximum absolute atomic E-state index is 5.90. The van der Waals surface area contributed by atoms with Gasteiger partial charge in [-0.3, -0.25) is 4.98 Å². The van der Waals surface area contributed by atoms with Crippen LogP contribution in [0.2, 0.25) is 0 Å². The van der Waals surface area contributed by atoms with E-state index in [1.807, 2.05) is 13.0 Å². The van der Waals surface area contributed by atoms with E-state index in [-0.39, 0.29) is 0 Å². The number of nitrogens with two attached hydrogens (primary N) is 1. The van der Waals surface area contributed by atoms with E-state index in [1.54, 1.807) is 0 Å². The molecule has 2 rings (SSSR count). The van der Waals surface area contributed by atoms with Gasteiger partial charge in [-0.05, 0) is 63.9 Å². The van der Waals surface area contributed by atoms with Crippen molar-refractivity contribution in [1.29, 1.82) is 0 Å². The topological polar surface area (TPSA) is 42.1 Å². The van der Waals surface area contributed by atoms with Crippen LogP contribution in [0, 0.1) is 12.3 Å². The average molecular weight is 247 g/mol. The molecule has 1 fully saturated rings. The highest BCUT2D eigenvalue weighted by Crippen LogP contribution is 2.42. The fraction of sp³-hybridized carbons (Fsp3) is 0.667. The van der Waals surface area contributed by atoms with Crippen molar-refractivity contribution < 1.29 is 0 Å². The molecular formula is C15H25N3. The third-order valence-electron chi connectivity index (χ3n) is 4.25. The molecule has 0 bridgehead atoms. The number of hydrogen-bond acceptors (Lipinski definition) is 3. The third kappa shape index (κ3) is 3.30. The maximum Gasteiger partial charge on any atom is 0.0547 e. The van der Waals surface area contributed by atoms with Gasteiger partial charge in [0.1, 0.15) is 0 Å². The summed E-state index contributed by atoms with van der Waals surface area (Å²) in [6.07, 6.45) is 5.23. The van der Waals surface area contributed by atoms with Gasteiger partial charge in [-0.15, -0.1) is 0 Å². The summed E-state index contributed by atoms with van der Waals surface area (Å²) in [5, 5.41) is 0. The molecule has 3 heteroatoms. The molecule has 0 amide bonds. The molecule has 0 spiro atoms. The summed E-state index contributed by atoms with van der Waals surface area (Å²) in [6, 6.07) is 6.23. The van der Waals surface area contributed by atoms with E-state index >= 15 is 0 Å². The Balaban J connectivity index is 1.80. The molecule has 2 N–H and O–H groups in total. The molecule has 1 aliphatic rings. The lowest BCUT2D eigenvalue weighted by Gasteiger charge is -2.42. The summed E-state index contributed by atoms with van der Waals surface area (Å²) in [5.74, 6) is 0. The molecule has 0 saturated heterocycles. The number of aromatic nitrogens is 1. The SMILES string of the molecule is Cc1cccc(CN(C)CCC2(CN)CCC2)n1. The van der Waals surface area contributed by atoms with E-state index in [0.29, 0.717) is 5.41 Å². The monoisotopic (exact) mass is 247 g/mol. The zero-order chi connectivity index (χ0) is 13.0. The molecule has 1 aliphatic carbocycles. The van der Waals surface area contributed by atoms with Gasteiger partial charge in [-0.1, -0.05) is 12.5 Å². The predicted molar refractivity (Wildman–Crippen MR) is 75.3 cm³/mol. The van der Waals surface area contributed by atoms with E-state index in [0.717, 1.165) is 31.0 Å². The van der Waals surface area contributed by atoms with Crippen LogP contribution in [-0.2, 0) is 6.54 Å². The first-order valence-electron chi connectivity index (χ1n) is 6.95. The Morgan fingerprint density at radius 3 is 2.72 bits per heavy atom. The van der Waals surface area contributed by atoms with Crippen molar-refractivity contribution >= 4 is 0 Å². The molecule has 0 atom stereocenters. The van der Waals surface area contributed by atoms with Crippen molar-refractivity contribution in [2.45, 2.75) is 39.2 Å². The summed E-state index contributed by atoms with van der Waals surface area (Å²) < 4.78 is 0. The highest BCUT2D eigenvalue weighted by molar-refractivity contribution is 5.09. The van der Waals surface area contributed by atoms with Gasteiger partial charge in [-0.25, -0.2) is 0 Å². The number of rotatable bonds is 6. The van der Waals surface area contributed by atoms with Gasteiger partial charge < -0.3 is 10.6 Å². The van der Waals surface area contributed by atoms with Gasteiger partial charge in [0, 0.05) is 12.2 Å². The van der Waals surface area contributed by atoms with Crippen molar-refractivity contribution in [2.24, 2.45) is 11.1 Å². The van der Waals surface area contributed by atoms with Crippen LogP contribution in [0.15, 0.2) is 18.2 Å². The zero-order valence-electron chi connectivity index (χ0n) is 11.7. The summed E-state index contributed by atoms with van der Waals surface area (Å²) in [6.45, 7) is 4.94. The first kappa shape index (κ1) is 13.5. The average Bonchev–Trinajstić information content (AvgIpc) is 2.28. The molecular weight excluding hydrogens is 222 g/mol. The van der Waals surface area contributed by atoms with Crippen LogP contribution in [0.1, 0.15) is 37.1 Å². The van der Waals surface area contributed by atoms with Crippen LogP contribution < -0.4 is 5.73 Å². The van der Waals surface area contributed by atoms with E-state index in [2.05, 4.69) is 29.1 Å². The minimum atomic E-state index is 0.453. The fourth-order valence-electron chi connectivity index (χ4n) is 2.70. The Bertz CT molecular complexity index is 380. The lowest BCUT2D eigenvalue weighted by molar-refractivity contribution is 0.110. The molecule has 18 heavy (non-hydrogen) atoms. The summed E-state index contributed by atoms with van der Waals surface area (Å²) >= 11 is 0. The van der Waals surface area contributed by atoms with Crippen LogP contribution in [0.5, 0.6) is 0 Å². The van der Waals surface area contributed by atoms with Gasteiger partial charge in [0.15, 0.2) is 0 Å². The normalized spacial score (nSPS) is 17.8. The van der Waals surface area contributed by atoms with Crippen LogP contribution >= 0.6 is 0 Å². The van der Waals surface area contributed by atoms with E-state index in [9.17, 15) is 0 Å². The number of nitrogens with zero attached hydrogens (tertiary/aromatic N) is 2. The Kier molecular flexibility index (Phi) is 4.36. The summed E-state index contributed by atoms with van der Waals surface area (Å²) in [4.78, 5) is 6.90. The van der Waals surface area contributed by atoms with E-state index in [4.69, 9.17) is 5.73 Å². The van der Waals surface area contributed by atoms with Gasteiger partial charge in [-0.2, -0.15) is 0 Å². The van der Waals surface area contributed by atoms with Crippen LogP contribution in [-0.4, -0.2) is 30.0 Å². The Labute approximate surface area is 110 Å². The number of aryl methyl sites for hydroxylation is 1. The van der Waals surface area contributed by atoms with Gasteiger partial charge in [0.2, 0.25) is 0 Å². The number of pyridine rings is 1. The van der Waals surface area contributed by atoms with Gasteiger partial charge in [0.05, 0.1) is 5.69 Å². The fourth-order valence-corrected chi connectivity index (χ4v) is 2.70. The molecule has 0 aliphatic heterocycles. The zero-order valence-corrected chi connectivity index (χ0v) is 11.7. The molecule has 1 saturated carbocycles. The second kappa shape index (κ2) is 5.81. The first-order chi connectivity index (χ1) is 8.63. The Morgan fingerprint density at radius 1 is 1.39 bits per heavy atom. The second-order valence-corrected chi connectivity index (χ2v) is 5.82. The minimum Gasteiger partial charge on any atom is -0.330 e. The highest BCUT2D eigenvalue weighted by Gasteiger charge is 2.35. The van der Waals surface area contributed by atoms with Crippen LogP contribution in [0.4, 0.5) is 0 Å². The van der Waals surface area contributed by atoms with Crippen molar-refractivity contribution in [3.63, 3.8) is 0 Å². The molecule has 0 aromatic carbocycles. The Hall–Kier alpha value is -0.930. The molecule has 0 unspecified atom stereocenters. The Morgan fingerprint density at radius 2 is 2.17 bits per heavy atom. The quantitative estimate of drug-likeness (QED) is 0.839. The van der Waals surface area contributed by atoms with Crippen LogP contribution in [0.3, 0.4) is 0 Å². The minimum absolute atomic E-state index is 0.453. The lowest BCUT2D eigenvalue weighted by Crippen LogP contribution is -2.39. The van der Waals surface area contributed by atoms with Crippen molar-refractivity contribution in [1.82, 2.24) is 9.88 Å². The standard InChI is InChI=1S/C15H25N3/c1-13-5-3-6-14(17-13)11-18(2)10-9-15(12-16)7-4-8-15/h3,5-6H,4,7-12,16H2,1-2H3. The molecule has 1 heterocycles. The maximum atomic E-state index is 5.90. The summed E-state index contributed by atoms with van der Waals surface area (Å²) in [7, 11) is 2.17. The molecule has 3 nitrogen and oxygen atoms in total. The van der Waals surface area contributed by atoms with Gasteiger partial charge in [0.25, 0.3) is 0 Å². The summed E-state index contributed by atoms with van der Waals surface area (Å²) in [5.41, 5.74) is 8.61. The lowest BCUT2D eigenvalue weighted by atomic mass is 9.66. The first-order valence-corrected chi connectivity index (χ1v) is 6.95. The van der Waals surface area contributed by atoms with Crippen molar-refractivity contribution in [3.8, 4) is 0 Å². The molecule has 1 aromatic heterocycles. The predicted octanol–water partition coefficient (Wildman–Crippen LogP) is 2.34. The second-order valence-electron chi connectivity index (χ2n) is 5.82. The molecule has 100 valence electrons. The van der Waals surface area contributed by atoms with Crippen molar-refractivity contribution in [2.75, 3.05) is 20.1 Å². The van der Waals surface area contributed by atoms with E-state index in [1.165, 1.54) is 25.7 Å². The largest absolute Gasteiger partial charge is 0.330 e. The molecule has 1 aromatic rings.